The number of ketones is 2. The Morgan fingerprint density at radius 1 is 0.522 bits per heavy atom. The molecule has 0 N–H and O–H groups in total. The minimum atomic E-state index is -0.0575. The summed E-state index contributed by atoms with van der Waals surface area (Å²) in [6, 6.07) is 16.7. The summed E-state index contributed by atoms with van der Waals surface area (Å²) in [5.74, 6) is 0.619. The van der Waals surface area contributed by atoms with Crippen LogP contribution in [-0.4, -0.2) is 109 Å². The van der Waals surface area contributed by atoms with Crippen LogP contribution in [-0.2, 0) is 9.59 Å². The van der Waals surface area contributed by atoms with E-state index in [9.17, 15) is 9.59 Å². The lowest BCUT2D eigenvalue weighted by molar-refractivity contribution is -0.124. The van der Waals surface area contributed by atoms with Crippen LogP contribution >= 0.6 is 23.2 Å². The molecule has 2 aromatic rings. The quantitative estimate of drug-likeness (QED) is 0.235. The van der Waals surface area contributed by atoms with Gasteiger partial charge >= 0.3 is 0 Å². The number of rotatable bonds is 12. The van der Waals surface area contributed by atoms with Gasteiger partial charge < -0.3 is 0 Å². The van der Waals surface area contributed by atoms with E-state index in [1.54, 1.807) is 0 Å². The molecular formula is C38H58Cl2N4O2. The van der Waals surface area contributed by atoms with Crippen molar-refractivity contribution in [1.29, 1.82) is 0 Å². The van der Waals surface area contributed by atoms with E-state index in [1.165, 1.54) is 0 Å². The SMILES string of the molecule is CC(C)C(=O)[C@@H](CN1CCN(C(C)C)CC1)c1ccc(Cl)cc1.CC(C)C(=O)[C@H](CN1CCN(C(C)C)CC1)c1ccc(Cl)cc1. The van der Waals surface area contributed by atoms with Crippen LogP contribution in [0.1, 0.15) is 78.4 Å². The highest BCUT2D eigenvalue weighted by Crippen LogP contribution is 2.26. The fourth-order valence-corrected chi connectivity index (χ4v) is 6.61. The Morgan fingerprint density at radius 3 is 1.04 bits per heavy atom. The van der Waals surface area contributed by atoms with Gasteiger partial charge in [-0.1, -0.05) is 75.2 Å². The predicted octanol–water partition coefficient (Wildman–Crippen LogP) is 7.35. The van der Waals surface area contributed by atoms with E-state index >= 15 is 0 Å². The van der Waals surface area contributed by atoms with Crippen LogP contribution in [0.15, 0.2) is 48.5 Å². The Bertz CT molecular complexity index is 1100. The molecule has 0 aliphatic carbocycles. The van der Waals surface area contributed by atoms with Crippen LogP contribution in [0.3, 0.4) is 0 Å². The summed E-state index contributed by atoms with van der Waals surface area (Å²) in [6.07, 6.45) is 0. The maximum Gasteiger partial charge on any atom is 0.144 e. The zero-order valence-electron chi connectivity index (χ0n) is 29.5. The molecule has 8 heteroatoms. The first-order valence-electron chi connectivity index (χ1n) is 17.3. The van der Waals surface area contributed by atoms with Crippen LogP contribution in [0, 0.1) is 11.8 Å². The summed E-state index contributed by atoms with van der Waals surface area (Å²) in [5, 5.41) is 1.44. The molecule has 2 atom stereocenters. The van der Waals surface area contributed by atoms with E-state index in [1.807, 2.05) is 76.2 Å². The third kappa shape index (κ3) is 11.7. The van der Waals surface area contributed by atoms with Crippen molar-refractivity contribution in [2.45, 2.75) is 79.3 Å². The van der Waals surface area contributed by atoms with Gasteiger partial charge in [0, 0.05) is 99.4 Å². The fraction of sp³-hybridized carbons (Fsp3) is 0.632. The summed E-state index contributed by atoms with van der Waals surface area (Å²) < 4.78 is 0. The molecular weight excluding hydrogens is 615 g/mol. The normalized spacial score (nSPS) is 18.6. The smallest absolute Gasteiger partial charge is 0.144 e. The van der Waals surface area contributed by atoms with Crippen LogP contribution < -0.4 is 0 Å². The number of piperazine rings is 2. The molecule has 2 aromatic carbocycles. The summed E-state index contributed by atoms with van der Waals surface area (Å²) >= 11 is 12.0. The zero-order valence-corrected chi connectivity index (χ0v) is 31.0. The average Bonchev–Trinajstić information content (AvgIpc) is 3.03. The topological polar surface area (TPSA) is 47.1 Å². The third-order valence-corrected chi connectivity index (χ3v) is 10.0. The van der Waals surface area contributed by atoms with E-state index in [-0.39, 0.29) is 23.7 Å². The zero-order chi connectivity index (χ0) is 34.0. The lowest BCUT2D eigenvalue weighted by Gasteiger charge is -2.38. The molecule has 6 nitrogen and oxygen atoms in total. The molecule has 0 spiro atoms. The highest BCUT2D eigenvalue weighted by Gasteiger charge is 2.29. The monoisotopic (exact) mass is 672 g/mol. The van der Waals surface area contributed by atoms with Crippen molar-refractivity contribution >= 4 is 34.8 Å². The maximum absolute atomic E-state index is 12.7. The van der Waals surface area contributed by atoms with Crippen LogP contribution in [0.2, 0.25) is 10.0 Å². The lowest BCUT2D eigenvalue weighted by Crippen LogP contribution is -2.50. The number of nitrogens with zero attached hydrogens (tertiary/aromatic N) is 4. The van der Waals surface area contributed by atoms with Crippen LogP contribution in [0.25, 0.3) is 0 Å². The van der Waals surface area contributed by atoms with Gasteiger partial charge in [0.1, 0.15) is 11.6 Å². The van der Waals surface area contributed by atoms with Gasteiger partial charge in [-0.3, -0.25) is 29.2 Å². The van der Waals surface area contributed by atoms with Gasteiger partial charge in [0.15, 0.2) is 0 Å². The van der Waals surface area contributed by atoms with E-state index in [2.05, 4.69) is 47.3 Å². The molecule has 0 radical (unpaired) electrons. The minimum Gasteiger partial charge on any atom is -0.300 e. The molecule has 0 aromatic heterocycles. The molecule has 0 amide bonds. The first kappa shape index (κ1) is 38.6. The van der Waals surface area contributed by atoms with Crippen molar-refractivity contribution in [2.24, 2.45) is 11.8 Å². The van der Waals surface area contributed by atoms with Crippen LogP contribution in [0.4, 0.5) is 0 Å². The van der Waals surface area contributed by atoms with Gasteiger partial charge in [-0.15, -0.1) is 0 Å². The van der Waals surface area contributed by atoms with Gasteiger partial charge in [0.05, 0.1) is 11.8 Å². The van der Waals surface area contributed by atoms with Crippen molar-refractivity contribution in [3.63, 3.8) is 0 Å². The standard InChI is InChI=1S/2C19H29ClN2O/c2*1-14(2)19(23)18(16-5-7-17(20)8-6-16)13-21-9-11-22(12-10-21)15(3)4/h2*5-8,14-15,18H,9-13H2,1-4H3/t2*18-/m10/s1. The Hall–Kier alpha value is -1.80. The highest BCUT2D eigenvalue weighted by atomic mass is 35.5. The van der Waals surface area contributed by atoms with Crippen molar-refractivity contribution in [2.75, 3.05) is 65.4 Å². The Labute approximate surface area is 289 Å². The highest BCUT2D eigenvalue weighted by molar-refractivity contribution is 6.30. The van der Waals surface area contributed by atoms with Crippen LogP contribution in [0.5, 0.6) is 0 Å². The molecule has 4 rings (SSSR count). The van der Waals surface area contributed by atoms with Crippen molar-refractivity contribution in [1.82, 2.24) is 19.6 Å². The van der Waals surface area contributed by atoms with Gasteiger partial charge in [-0.2, -0.15) is 0 Å². The van der Waals surface area contributed by atoms with E-state index < -0.39 is 0 Å². The molecule has 46 heavy (non-hydrogen) atoms. The molecule has 0 bridgehead atoms. The first-order valence-corrected chi connectivity index (χ1v) is 18.0. The molecule has 2 saturated heterocycles. The number of benzene rings is 2. The van der Waals surface area contributed by atoms with Crippen molar-refractivity contribution in [3.05, 3.63) is 69.7 Å². The molecule has 2 fully saturated rings. The number of Topliss-reactive ketones (excluding diaryl/α,β-unsaturated/α-hetero) is 2. The average molecular weight is 674 g/mol. The van der Waals surface area contributed by atoms with Gasteiger partial charge in [0.25, 0.3) is 0 Å². The van der Waals surface area contributed by atoms with E-state index in [4.69, 9.17) is 23.2 Å². The number of hydrogen-bond donors (Lipinski definition) is 0. The molecule has 256 valence electrons. The summed E-state index contributed by atoms with van der Waals surface area (Å²) in [4.78, 5) is 35.3. The summed E-state index contributed by atoms with van der Waals surface area (Å²) in [5.41, 5.74) is 2.17. The van der Waals surface area contributed by atoms with Gasteiger partial charge in [0.2, 0.25) is 0 Å². The Balaban J connectivity index is 0.000000250. The predicted molar refractivity (Wildman–Crippen MR) is 194 cm³/mol. The molecule has 0 unspecified atom stereocenters. The number of carbonyl (C=O) groups excluding carboxylic acids is 2. The van der Waals surface area contributed by atoms with Crippen molar-refractivity contribution in [3.8, 4) is 0 Å². The van der Waals surface area contributed by atoms with Gasteiger partial charge in [-0.05, 0) is 63.1 Å². The van der Waals surface area contributed by atoms with E-state index in [0.29, 0.717) is 23.7 Å². The van der Waals surface area contributed by atoms with Crippen molar-refractivity contribution < 1.29 is 9.59 Å². The van der Waals surface area contributed by atoms with Gasteiger partial charge in [-0.25, -0.2) is 0 Å². The minimum absolute atomic E-state index is 0.0487. The summed E-state index contributed by atoms with van der Waals surface area (Å²) in [7, 11) is 0. The molecule has 0 saturated carbocycles. The largest absolute Gasteiger partial charge is 0.300 e. The first-order chi connectivity index (χ1) is 21.8. The second kappa shape index (κ2) is 18.7. The molecule has 2 aliphatic heterocycles. The lowest BCUT2D eigenvalue weighted by atomic mass is 9.88. The number of halogens is 2. The molecule has 2 heterocycles. The fourth-order valence-electron chi connectivity index (χ4n) is 6.36. The second-order valence-corrected chi connectivity index (χ2v) is 15.1. The third-order valence-electron chi connectivity index (χ3n) is 9.53. The summed E-state index contributed by atoms with van der Waals surface area (Å²) in [6.45, 7) is 27.0. The Morgan fingerprint density at radius 2 is 0.804 bits per heavy atom. The number of carbonyl (C=O) groups is 2. The number of hydrogen-bond acceptors (Lipinski definition) is 6. The Kier molecular flexibility index (Phi) is 15.7. The molecule has 2 aliphatic rings. The maximum atomic E-state index is 12.7. The second-order valence-electron chi connectivity index (χ2n) is 14.2. The van der Waals surface area contributed by atoms with E-state index in [0.717, 1.165) is 86.6 Å².